The summed E-state index contributed by atoms with van der Waals surface area (Å²) in [5, 5.41) is 0. The number of carbonyl (C=O) groups is 2. The van der Waals surface area contributed by atoms with Gasteiger partial charge in [-0.3, -0.25) is 4.79 Å². The number of esters is 1. The van der Waals surface area contributed by atoms with Gasteiger partial charge in [-0.05, 0) is 61.1 Å². The predicted octanol–water partition coefficient (Wildman–Crippen LogP) is 3.75. The highest BCUT2D eigenvalue weighted by Crippen LogP contribution is 2.52. The van der Waals surface area contributed by atoms with E-state index in [1.807, 2.05) is 9.80 Å². The lowest BCUT2D eigenvalue weighted by atomic mass is 9.65. The summed E-state index contributed by atoms with van der Waals surface area (Å²) in [5.74, 6) is -0.325. The molecule has 3 heterocycles. The summed E-state index contributed by atoms with van der Waals surface area (Å²) in [6.45, 7) is 7.76. The Bertz CT molecular complexity index is 1170. The zero-order chi connectivity index (χ0) is 24.3. The molecule has 8 nitrogen and oxygen atoms in total. The van der Waals surface area contributed by atoms with Gasteiger partial charge in [0.05, 0.1) is 11.3 Å². The third-order valence-electron chi connectivity index (χ3n) is 7.65. The van der Waals surface area contributed by atoms with E-state index in [0.717, 1.165) is 38.5 Å². The van der Waals surface area contributed by atoms with Gasteiger partial charge in [-0.1, -0.05) is 27.2 Å². The number of hydrogen-bond acceptors (Lipinski definition) is 6. The number of fused-ring (bicyclic) bond motifs is 5. The summed E-state index contributed by atoms with van der Waals surface area (Å²) < 4.78 is 35.0. The van der Waals surface area contributed by atoms with E-state index in [9.17, 15) is 18.0 Å². The van der Waals surface area contributed by atoms with E-state index in [4.69, 9.17) is 4.74 Å². The number of amidine groups is 1. The number of hydrogen-bond donors (Lipinski definition) is 0. The molecule has 4 aliphatic rings. The molecule has 1 saturated carbocycles. The third-order valence-corrected chi connectivity index (χ3v) is 8.98. The van der Waals surface area contributed by atoms with Crippen molar-refractivity contribution >= 4 is 33.4 Å². The Labute approximate surface area is 201 Å². The molecule has 2 atom stereocenters. The molecule has 34 heavy (non-hydrogen) atoms. The molecule has 3 aliphatic heterocycles. The fraction of sp³-hybridized carbons (Fsp3) is 0.640. The van der Waals surface area contributed by atoms with E-state index in [0.29, 0.717) is 31.0 Å². The maximum Gasteiger partial charge on any atom is 0.338 e. The SMILES string of the molecule is CC1(C)CC2CC(C)(CN2C(=O)COC(=O)c2ccc3c(c2)S(=O)(=O)N=C2CCCCCN23)C1. The highest BCUT2D eigenvalue weighted by Gasteiger charge is 2.51. The average Bonchev–Trinajstić information content (AvgIpc) is 2.88. The van der Waals surface area contributed by atoms with Gasteiger partial charge in [0.2, 0.25) is 0 Å². The first-order valence-corrected chi connectivity index (χ1v) is 13.6. The van der Waals surface area contributed by atoms with Crippen molar-refractivity contribution in [2.45, 2.75) is 76.7 Å². The monoisotopic (exact) mass is 487 g/mol. The van der Waals surface area contributed by atoms with Crippen LogP contribution in [-0.2, 0) is 19.6 Å². The van der Waals surface area contributed by atoms with Crippen molar-refractivity contribution in [3.05, 3.63) is 23.8 Å². The number of rotatable bonds is 3. The van der Waals surface area contributed by atoms with Crippen molar-refractivity contribution in [2.75, 3.05) is 24.6 Å². The van der Waals surface area contributed by atoms with Gasteiger partial charge in [0.1, 0.15) is 10.7 Å². The minimum Gasteiger partial charge on any atom is -0.452 e. The Balaban J connectivity index is 1.29. The van der Waals surface area contributed by atoms with Crippen LogP contribution >= 0.6 is 0 Å². The molecule has 1 aliphatic carbocycles. The van der Waals surface area contributed by atoms with Gasteiger partial charge < -0.3 is 14.5 Å². The molecule has 0 radical (unpaired) electrons. The molecule has 0 aromatic heterocycles. The molecule has 2 bridgehead atoms. The first kappa shape index (κ1) is 23.3. The predicted molar refractivity (Wildman–Crippen MR) is 128 cm³/mol. The molecule has 1 aromatic carbocycles. The van der Waals surface area contributed by atoms with Crippen LogP contribution in [0.25, 0.3) is 0 Å². The van der Waals surface area contributed by atoms with Crippen LogP contribution in [0.2, 0.25) is 0 Å². The maximum atomic E-state index is 12.9. The number of anilines is 1. The van der Waals surface area contributed by atoms with Gasteiger partial charge in [0.15, 0.2) is 6.61 Å². The largest absolute Gasteiger partial charge is 0.452 e. The van der Waals surface area contributed by atoms with E-state index < -0.39 is 16.0 Å². The highest BCUT2D eigenvalue weighted by molar-refractivity contribution is 7.90. The topological polar surface area (TPSA) is 96.3 Å². The van der Waals surface area contributed by atoms with Gasteiger partial charge >= 0.3 is 5.97 Å². The molecule has 9 heteroatoms. The van der Waals surface area contributed by atoms with E-state index in [1.165, 1.54) is 6.07 Å². The molecule has 0 spiro atoms. The molecule has 2 unspecified atom stereocenters. The fourth-order valence-electron chi connectivity index (χ4n) is 6.65. The zero-order valence-corrected chi connectivity index (χ0v) is 21.0. The Morgan fingerprint density at radius 2 is 1.94 bits per heavy atom. The number of nitrogens with zero attached hydrogens (tertiary/aromatic N) is 3. The van der Waals surface area contributed by atoms with Gasteiger partial charge in [-0.15, -0.1) is 4.40 Å². The third kappa shape index (κ3) is 4.23. The lowest BCUT2D eigenvalue weighted by molar-refractivity contribution is -0.135. The van der Waals surface area contributed by atoms with Crippen molar-refractivity contribution in [2.24, 2.45) is 15.2 Å². The summed E-state index contributed by atoms with van der Waals surface area (Å²) in [6, 6.07) is 4.73. The molecular weight excluding hydrogens is 454 g/mol. The first-order valence-electron chi connectivity index (χ1n) is 12.2. The van der Waals surface area contributed by atoms with Crippen LogP contribution in [0.3, 0.4) is 0 Å². The number of ether oxygens (including phenoxy) is 1. The Hall–Kier alpha value is -2.42. The van der Waals surface area contributed by atoms with Gasteiger partial charge in [0.25, 0.3) is 15.9 Å². The van der Waals surface area contributed by atoms with Crippen LogP contribution in [0.5, 0.6) is 0 Å². The number of sulfonamides is 1. The summed E-state index contributed by atoms with van der Waals surface area (Å²) in [5.41, 5.74) is 0.955. The normalized spacial score (nSPS) is 28.9. The van der Waals surface area contributed by atoms with Crippen molar-refractivity contribution < 1.29 is 22.7 Å². The van der Waals surface area contributed by atoms with Crippen LogP contribution in [0.1, 0.15) is 76.1 Å². The summed E-state index contributed by atoms with van der Waals surface area (Å²) in [6.07, 6.45) is 6.52. The van der Waals surface area contributed by atoms with Crippen LogP contribution in [0.15, 0.2) is 27.5 Å². The second kappa shape index (κ2) is 8.07. The summed E-state index contributed by atoms with van der Waals surface area (Å²) in [7, 11) is -3.89. The second-order valence-corrected chi connectivity index (χ2v) is 13.0. The number of carbonyl (C=O) groups excluding carboxylic acids is 2. The standard InChI is InChI=1S/C25H33N3O5S/c1-24(2)12-18-13-25(3,15-24)16-28(18)22(29)14-33-23(30)17-8-9-19-20(11-17)34(31,32)26-21-7-5-4-6-10-27(19)21/h8-9,11,18H,4-7,10,12-16H2,1-3H3. The molecule has 2 saturated heterocycles. The zero-order valence-electron chi connectivity index (χ0n) is 20.2. The Kier molecular flexibility index (Phi) is 5.54. The summed E-state index contributed by atoms with van der Waals surface area (Å²) >= 11 is 0. The van der Waals surface area contributed by atoms with Gasteiger partial charge in [-0.25, -0.2) is 4.79 Å². The Morgan fingerprint density at radius 1 is 1.15 bits per heavy atom. The highest BCUT2D eigenvalue weighted by atomic mass is 32.2. The van der Waals surface area contributed by atoms with Crippen molar-refractivity contribution in [1.82, 2.24) is 4.90 Å². The van der Waals surface area contributed by atoms with Crippen LogP contribution < -0.4 is 4.90 Å². The van der Waals surface area contributed by atoms with Crippen molar-refractivity contribution in [1.29, 1.82) is 0 Å². The molecule has 184 valence electrons. The van der Waals surface area contributed by atoms with Crippen LogP contribution in [0, 0.1) is 10.8 Å². The van der Waals surface area contributed by atoms with E-state index >= 15 is 0 Å². The minimum absolute atomic E-state index is 0.0161. The molecule has 0 N–H and O–H groups in total. The molecule has 1 amide bonds. The number of amides is 1. The molecule has 3 fully saturated rings. The molecule has 5 rings (SSSR count). The van der Waals surface area contributed by atoms with Crippen LogP contribution in [0.4, 0.5) is 5.69 Å². The Morgan fingerprint density at radius 3 is 2.74 bits per heavy atom. The number of likely N-dealkylation sites (tertiary alicyclic amines) is 1. The maximum absolute atomic E-state index is 12.9. The smallest absolute Gasteiger partial charge is 0.338 e. The quantitative estimate of drug-likeness (QED) is 0.603. The van der Waals surface area contributed by atoms with Gasteiger partial charge in [-0.2, -0.15) is 8.42 Å². The van der Waals surface area contributed by atoms with E-state index in [1.54, 1.807) is 12.1 Å². The fourth-order valence-corrected chi connectivity index (χ4v) is 7.94. The molecular formula is C25H33N3O5S. The molecule has 1 aromatic rings. The van der Waals surface area contributed by atoms with E-state index in [2.05, 4.69) is 25.2 Å². The summed E-state index contributed by atoms with van der Waals surface area (Å²) in [4.78, 5) is 29.5. The lowest BCUT2D eigenvalue weighted by Crippen LogP contribution is -2.39. The minimum atomic E-state index is -3.89. The van der Waals surface area contributed by atoms with Gasteiger partial charge in [0, 0.05) is 25.6 Å². The number of benzene rings is 1. The lowest BCUT2D eigenvalue weighted by Gasteiger charge is -2.39. The van der Waals surface area contributed by atoms with Crippen molar-refractivity contribution in [3.63, 3.8) is 0 Å². The first-order chi connectivity index (χ1) is 16.0. The van der Waals surface area contributed by atoms with E-state index in [-0.39, 0.29) is 39.8 Å². The average molecular weight is 488 g/mol. The van der Waals surface area contributed by atoms with Crippen LogP contribution in [-0.4, -0.2) is 56.8 Å². The second-order valence-electron chi connectivity index (χ2n) is 11.4. The van der Waals surface area contributed by atoms with Crippen molar-refractivity contribution in [3.8, 4) is 0 Å².